The highest BCUT2D eigenvalue weighted by Gasteiger charge is 2.46. The van der Waals surface area contributed by atoms with E-state index in [1.54, 1.807) is 19.1 Å². The Labute approximate surface area is 118 Å². The number of amides is 1. The van der Waals surface area contributed by atoms with E-state index in [9.17, 15) is 14.7 Å². The van der Waals surface area contributed by atoms with Gasteiger partial charge in [-0.2, -0.15) is 0 Å². The van der Waals surface area contributed by atoms with Crippen molar-refractivity contribution in [2.75, 3.05) is 0 Å². The molecule has 1 aliphatic carbocycles. The molecule has 1 aromatic carbocycles. The third kappa shape index (κ3) is 2.67. The molecule has 0 aliphatic heterocycles. The molecule has 1 fully saturated rings. The molecule has 1 aliphatic rings. The van der Waals surface area contributed by atoms with Crippen LogP contribution in [0.15, 0.2) is 30.3 Å². The summed E-state index contributed by atoms with van der Waals surface area (Å²) in [6, 6.07) is 7.94. The molecule has 2 rings (SSSR count). The van der Waals surface area contributed by atoms with E-state index in [4.69, 9.17) is 5.73 Å². The normalized spacial score (nSPS) is 27.0. The highest BCUT2D eigenvalue weighted by atomic mass is 16.4. The van der Waals surface area contributed by atoms with E-state index in [2.05, 4.69) is 5.32 Å². The summed E-state index contributed by atoms with van der Waals surface area (Å²) in [7, 11) is 0. The van der Waals surface area contributed by atoms with E-state index in [-0.39, 0.29) is 11.9 Å². The van der Waals surface area contributed by atoms with E-state index in [1.807, 2.05) is 18.2 Å². The molecule has 108 valence electrons. The highest BCUT2D eigenvalue weighted by Crippen LogP contribution is 2.38. The Bertz CT molecular complexity index is 503. The standard InChI is InChI=1S/C15H20N2O3/c1-15(14(19)20)9-5-8-11(15)17-13(18)12(16)10-6-3-2-4-7-10/h2-4,6-7,11-12H,5,8-9,16H2,1H3,(H,17,18)(H,19,20). The minimum absolute atomic E-state index is 0.324. The molecule has 3 unspecified atom stereocenters. The van der Waals surface area contributed by atoms with Crippen molar-refractivity contribution < 1.29 is 14.7 Å². The van der Waals surface area contributed by atoms with Crippen LogP contribution in [0.3, 0.4) is 0 Å². The fourth-order valence-corrected chi connectivity index (χ4v) is 2.73. The van der Waals surface area contributed by atoms with Gasteiger partial charge >= 0.3 is 5.97 Å². The van der Waals surface area contributed by atoms with Crippen LogP contribution in [0.25, 0.3) is 0 Å². The lowest BCUT2D eigenvalue weighted by molar-refractivity contribution is -0.149. The Hall–Kier alpha value is -1.88. The molecular formula is C15H20N2O3. The predicted octanol–water partition coefficient (Wildman–Crippen LogP) is 1.45. The smallest absolute Gasteiger partial charge is 0.311 e. The molecule has 0 bridgehead atoms. The van der Waals surface area contributed by atoms with Gasteiger partial charge in [-0.3, -0.25) is 9.59 Å². The van der Waals surface area contributed by atoms with Gasteiger partial charge in [0.2, 0.25) is 5.91 Å². The molecule has 1 saturated carbocycles. The number of rotatable bonds is 4. The van der Waals surface area contributed by atoms with Crippen LogP contribution in [-0.4, -0.2) is 23.0 Å². The second-order valence-electron chi connectivity index (χ2n) is 5.56. The van der Waals surface area contributed by atoms with E-state index in [0.29, 0.717) is 12.8 Å². The number of hydrogen-bond donors (Lipinski definition) is 3. The van der Waals surface area contributed by atoms with Crippen molar-refractivity contribution >= 4 is 11.9 Å². The monoisotopic (exact) mass is 276 g/mol. The number of aliphatic carboxylic acids is 1. The predicted molar refractivity (Wildman–Crippen MR) is 74.9 cm³/mol. The number of hydrogen-bond acceptors (Lipinski definition) is 3. The minimum atomic E-state index is -0.897. The maximum absolute atomic E-state index is 12.2. The summed E-state index contributed by atoms with van der Waals surface area (Å²) >= 11 is 0. The topological polar surface area (TPSA) is 92.4 Å². The van der Waals surface area contributed by atoms with Gasteiger partial charge in [-0.05, 0) is 25.3 Å². The van der Waals surface area contributed by atoms with Crippen LogP contribution >= 0.6 is 0 Å². The van der Waals surface area contributed by atoms with Crippen molar-refractivity contribution in [1.82, 2.24) is 5.32 Å². The zero-order chi connectivity index (χ0) is 14.8. The summed E-state index contributed by atoms with van der Waals surface area (Å²) in [5.74, 6) is -1.19. The first-order valence-electron chi connectivity index (χ1n) is 6.79. The summed E-state index contributed by atoms with van der Waals surface area (Å²) < 4.78 is 0. The van der Waals surface area contributed by atoms with E-state index >= 15 is 0 Å². The van der Waals surface area contributed by atoms with Crippen molar-refractivity contribution in [3.63, 3.8) is 0 Å². The third-order valence-electron chi connectivity index (χ3n) is 4.20. The molecule has 20 heavy (non-hydrogen) atoms. The van der Waals surface area contributed by atoms with Gasteiger partial charge in [0.25, 0.3) is 0 Å². The fraction of sp³-hybridized carbons (Fsp3) is 0.467. The summed E-state index contributed by atoms with van der Waals surface area (Å²) in [5.41, 5.74) is 5.75. The molecule has 3 atom stereocenters. The van der Waals surface area contributed by atoms with E-state index in [0.717, 1.165) is 12.0 Å². The van der Waals surface area contributed by atoms with Gasteiger partial charge in [0.05, 0.1) is 5.41 Å². The Morgan fingerprint density at radius 2 is 2.05 bits per heavy atom. The van der Waals surface area contributed by atoms with Gasteiger partial charge in [-0.25, -0.2) is 0 Å². The zero-order valence-corrected chi connectivity index (χ0v) is 11.5. The summed E-state index contributed by atoms with van der Waals surface area (Å²) in [6.07, 6.45) is 2.05. The second kappa shape index (κ2) is 5.63. The average Bonchev–Trinajstić information content (AvgIpc) is 2.81. The number of nitrogens with one attached hydrogen (secondary N) is 1. The number of nitrogens with two attached hydrogens (primary N) is 1. The zero-order valence-electron chi connectivity index (χ0n) is 11.5. The van der Waals surface area contributed by atoms with Crippen LogP contribution in [-0.2, 0) is 9.59 Å². The summed E-state index contributed by atoms with van der Waals surface area (Å²) in [5, 5.41) is 12.1. The van der Waals surface area contributed by atoms with Gasteiger partial charge in [-0.15, -0.1) is 0 Å². The lowest BCUT2D eigenvalue weighted by Gasteiger charge is -2.28. The van der Waals surface area contributed by atoms with Gasteiger partial charge in [0, 0.05) is 6.04 Å². The molecular weight excluding hydrogens is 256 g/mol. The van der Waals surface area contributed by atoms with Gasteiger partial charge < -0.3 is 16.2 Å². The Balaban J connectivity index is 2.06. The summed E-state index contributed by atoms with van der Waals surface area (Å²) in [6.45, 7) is 1.68. The third-order valence-corrected chi connectivity index (χ3v) is 4.20. The lowest BCUT2D eigenvalue weighted by atomic mass is 9.84. The maximum atomic E-state index is 12.2. The number of carboxylic acid groups (broad SMARTS) is 1. The van der Waals surface area contributed by atoms with Crippen LogP contribution in [0.5, 0.6) is 0 Å². The average molecular weight is 276 g/mol. The van der Waals surface area contributed by atoms with E-state index < -0.39 is 17.4 Å². The molecule has 0 aromatic heterocycles. The first kappa shape index (κ1) is 14.5. The Kier molecular flexibility index (Phi) is 4.09. The Morgan fingerprint density at radius 3 is 2.65 bits per heavy atom. The fourth-order valence-electron chi connectivity index (χ4n) is 2.73. The lowest BCUT2D eigenvalue weighted by Crippen LogP contribution is -2.49. The first-order chi connectivity index (χ1) is 9.45. The number of carboxylic acids is 1. The molecule has 4 N–H and O–H groups in total. The van der Waals surface area contributed by atoms with Crippen molar-refractivity contribution in [2.24, 2.45) is 11.1 Å². The van der Waals surface area contributed by atoms with Crippen LogP contribution < -0.4 is 11.1 Å². The van der Waals surface area contributed by atoms with Crippen molar-refractivity contribution in [3.8, 4) is 0 Å². The minimum Gasteiger partial charge on any atom is -0.481 e. The molecule has 0 saturated heterocycles. The van der Waals surface area contributed by atoms with Crippen molar-refractivity contribution in [1.29, 1.82) is 0 Å². The van der Waals surface area contributed by atoms with Crippen LogP contribution in [0, 0.1) is 5.41 Å². The molecule has 1 aromatic rings. The van der Waals surface area contributed by atoms with E-state index in [1.165, 1.54) is 0 Å². The molecule has 1 amide bonds. The molecule has 0 radical (unpaired) electrons. The highest BCUT2D eigenvalue weighted by molar-refractivity contribution is 5.84. The second-order valence-corrected chi connectivity index (χ2v) is 5.56. The molecule has 0 spiro atoms. The van der Waals surface area contributed by atoms with Crippen molar-refractivity contribution in [2.45, 2.75) is 38.3 Å². The molecule has 5 heteroatoms. The van der Waals surface area contributed by atoms with Gasteiger partial charge in [0.15, 0.2) is 0 Å². The largest absolute Gasteiger partial charge is 0.481 e. The van der Waals surface area contributed by atoms with Crippen LogP contribution in [0.2, 0.25) is 0 Å². The van der Waals surface area contributed by atoms with Crippen LogP contribution in [0.4, 0.5) is 0 Å². The molecule has 5 nitrogen and oxygen atoms in total. The number of carbonyl (C=O) groups is 2. The molecule has 0 heterocycles. The SMILES string of the molecule is CC1(C(=O)O)CCCC1NC(=O)C(N)c1ccccc1. The first-order valence-corrected chi connectivity index (χ1v) is 6.79. The van der Waals surface area contributed by atoms with Gasteiger partial charge in [-0.1, -0.05) is 36.8 Å². The van der Waals surface area contributed by atoms with Gasteiger partial charge in [0.1, 0.15) is 6.04 Å². The number of benzene rings is 1. The quantitative estimate of drug-likeness (QED) is 0.776. The maximum Gasteiger partial charge on any atom is 0.311 e. The van der Waals surface area contributed by atoms with Crippen LogP contribution in [0.1, 0.15) is 37.8 Å². The van der Waals surface area contributed by atoms with Crippen molar-refractivity contribution in [3.05, 3.63) is 35.9 Å². The number of carbonyl (C=O) groups excluding carboxylic acids is 1. The Morgan fingerprint density at radius 1 is 1.40 bits per heavy atom. The summed E-state index contributed by atoms with van der Waals surface area (Å²) in [4.78, 5) is 23.6.